The summed E-state index contributed by atoms with van der Waals surface area (Å²) in [6, 6.07) is -9.57. The van der Waals surface area contributed by atoms with E-state index in [9.17, 15) is 52.7 Å². The molecule has 0 saturated carbocycles. The quantitative estimate of drug-likeness (QED) is 0.204. The molecule has 1 saturated heterocycles. The van der Waals surface area contributed by atoms with Crippen molar-refractivity contribution in [3.8, 4) is 0 Å². The Balaban J connectivity index is -0.00000136. The van der Waals surface area contributed by atoms with E-state index in [2.05, 4.69) is 5.32 Å². The van der Waals surface area contributed by atoms with E-state index in [1.54, 1.807) is 0 Å². The van der Waals surface area contributed by atoms with Crippen LogP contribution < -0.4 is 47.9 Å². The number of rotatable bonds is 0. The molecule has 37 heavy (non-hydrogen) atoms. The molecule has 4 unspecified atom stereocenters. The molecule has 1 fully saturated rings. The van der Waals surface area contributed by atoms with Crippen LogP contribution in [0.1, 0.15) is 25.7 Å². The molecule has 4 nitrogen and oxygen atoms in total. The molecule has 0 aromatic carbocycles. The van der Waals surface area contributed by atoms with Gasteiger partial charge in [0.2, 0.25) is 0 Å². The number of halogens is 15. The van der Waals surface area contributed by atoms with Crippen molar-refractivity contribution in [2.24, 2.45) is 0 Å². The zero-order chi connectivity index (χ0) is 25.7. The van der Waals surface area contributed by atoms with Gasteiger partial charge in [0, 0.05) is 6.54 Å². The first kappa shape index (κ1) is 44.6. The largest absolute Gasteiger partial charge is 4.00 e. The predicted molar refractivity (Wildman–Crippen MR) is 94.7 cm³/mol. The Hall–Kier alpha value is 0.584. The third-order valence-corrected chi connectivity index (χ3v) is 5.23. The topological polar surface area (TPSA) is 41.4 Å². The molecule has 222 valence electrons. The van der Waals surface area contributed by atoms with E-state index in [1.807, 2.05) is 10.6 Å². The smallest absolute Gasteiger partial charge is 1.00 e. The van der Waals surface area contributed by atoms with Crippen molar-refractivity contribution in [3.05, 3.63) is 5.32 Å². The molecule has 1 aliphatic rings. The molecule has 0 radical (unpaired) electrons. The molecule has 0 amide bonds. The summed E-state index contributed by atoms with van der Waals surface area (Å²) >= 11 is 0. The second-order valence-corrected chi connectivity index (χ2v) is 7.75. The van der Waals surface area contributed by atoms with Crippen molar-refractivity contribution in [1.29, 1.82) is 0 Å². The fourth-order valence-corrected chi connectivity index (χ4v) is 3.39. The molecule has 0 aromatic heterocycles. The SMILES string of the molecule is CN1CCC(C(F)(F)F)NCCC(C(F)(F)F)NCCC(C(F)(F)F)[N-]CCC1C(F)(F)F.[Cl-].[Cl-].[Cl-].[Ti+4]. The number of nitrogens with zero attached hydrogens (tertiary/aromatic N) is 2. The summed E-state index contributed by atoms with van der Waals surface area (Å²) in [5, 5.41) is 6.92. The fraction of sp³-hybridized carbons (Fsp3) is 1.00. The Labute approximate surface area is 239 Å². The van der Waals surface area contributed by atoms with Crippen molar-refractivity contribution < 1.29 is 112 Å². The fourth-order valence-electron chi connectivity index (χ4n) is 3.39. The third-order valence-electron chi connectivity index (χ3n) is 5.23. The predicted octanol–water partition coefficient (Wildman–Crippen LogP) is -4.22. The first-order valence-electron chi connectivity index (χ1n) is 9.94. The van der Waals surface area contributed by atoms with Gasteiger partial charge in [0.1, 0.15) is 18.1 Å². The maximum absolute atomic E-state index is 13.3. The maximum atomic E-state index is 13.3. The molecule has 1 heterocycles. The van der Waals surface area contributed by atoms with Gasteiger partial charge in [-0.2, -0.15) is 52.7 Å². The van der Waals surface area contributed by atoms with E-state index >= 15 is 0 Å². The van der Waals surface area contributed by atoms with E-state index in [0.717, 1.165) is 7.05 Å². The Morgan fingerprint density at radius 3 is 1.46 bits per heavy atom. The monoisotopic (exact) mass is 666 g/mol. The van der Waals surface area contributed by atoms with Crippen LogP contribution in [0, 0.1) is 0 Å². The molecule has 20 heteroatoms. The Bertz CT molecular complexity index is 594. The second-order valence-electron chi connectivity index (χ2n) is 7.75. The van der Waals surface area contributed by atoms with E-state index in [-0.39, 0.29) is 58.9 Å². The van der Waals surface area contributed by atoms with Gasteiger partial charge in [-0.15, -0.1) is 6.54 Å². The summed E-state index contributed by atoms with van der Waals surface area (Å²) in [7, 11) is 0.875. The molecule has 0 aromatic rings. The summed E-state index contributed by atoms with van der Waals surface area (Å²) < 4.78 is 158. The molecule has 0 aliphatic carbocycles. The minimum Gasteiger partial charge on any atom is -1.00 e. The van der Waals surface area contributed by atoms with Crippen LogP contribution in [0.15, 0.2) is 0 Å². The standard InChI is InChI=1S/C17H25F12N4.3ClH.Ti/c1-33-9-5-12(16(24,25)26)31-7-3-10(14(18,19)20)30-6-2-11(15(21,22)23)32-8-4-13(33)17(27,28)29;;;;/h10-13,30-31H,2-9H2,1H3;3*1H;/q-1;;;;+4/p-3. The maximum Gasteiger partial charge on any atom is 4.00 e. The Kier molecular flexibility index (Phi) is 21.8. The van der Waals surface area contributed by atoms with Crippen LogP contribution in [0.5, 0.6) is 0 Å². The molecule has 0 spiro atoms. The van der Waals surface area contributed by atoms with Gasteiger partial charge in [-0.3, -0.25) is 4.90 Å². The van der Waals surface area contributed by atoms with Crippen LogP contribution >= 0.6 is 0 Å². The Morgan fingerprint density at radius 2 is 1.05 bits per heavy atom. The number of alkyl halides is 12. The van der Waals surface area contributed by atoms with Crippen molar-refractivity contribution in [2.75, 3.05) is 33.2 Å². The van der Waals surface area contributed by atoms with Crippen LogP contribution in [0.4, 0.5) is 52.7 Å². The molecule has 0 bridgehead atoms. The van der Waals surface area contributed by atoms with Crippen molar-refractivity contribution in [1.82, 2.24) is 15.5 Å². The average molecular weight is 668 g/mol. The van der Waals surface area contributed by atoms with Crippen LogP contribution in [0.2, 0.25) is 0 Å². The van der Waals surface area contributed by atoms with Crippen molar-refractivity contribution >= 4 is 0 Å². The Morgan fingerprint density at radius 1 is 0.622 bits per heavy atom. The van der Waals surface area contributed by atoms with Gasteiger partial charge in [0.05, 0.1) is 0 Å². The number of nitrogens with one attached hydrogen (secondary N) is 2. The van der Waals surface area contributed by atoms with E-state index in [4.69, 9.17) is 0 Å². The van der Waals surface area contributed by atoms with Gasteiger partial charge in [-0.1, -0.05) is 0 Å². The summed E-state index contributed by atoms with van der Waals surface area (Å²) in [5.41, 5.74) is 0. The molecule has 1 rings (SSSR count). The first-order chi connectivity index (χ1) is 14.8. The molecule has 1 aliphatic heterocycles. The molecule has 4 atom stereocenters. The first-order valence-corrected chi connectivity index (χ1v) is 9.94. The van der Waals surface area contributed by atoms with Crippen molar-refractivity contribution in [3.63, 3.8) is 0 Å². The zero-order valence-electron chi connectivity index (χ0n) is 19.0. The summed E-state index contributed by atoms with van der Waals surface area (Å²) in [6.07, 6.45) is -23.5. The van der Waals surface area contributed by atoms with Crippen molar-refractivity contribution in [2.45, 2.75) is 74.6 Å². The van der Waals surface area contributed by atoms with Crippen LogP contribution in [0.25, 0.3) is 5.32 Å². The number of hydrogen-bond donors (Lipinski definition) is 2. The summed E-state index contributed by atoms with van der Waals surface area (Å²) in [5.74, 6) is 0. The molecular weight excluding hydrogens is 642 g/mol. The third kappa shape index (κ3) is 16.4. The number of hydrogen-bond acceptors (Lipinski definition) is 3. The average Bonchev–Trinajstić information content (AvgIpc) is 2.59. The van der Waals surface area contributed by atoms with Crippen LogP contribution in [0.3, 0.4) is 0 Å². The molecular formula is C17H25Cl3F12N4Ti. The summed E-state index contributed by atoms with van der Waals surface area (Å²) in [6.45, 7) is -3.35. The summed E-state index contributed by atoms with van der Waals surface area (Å²) in [4.78, 5) is 0.532. The van der Waals surface area contributed by atoms with Gasteiger partial charge in [-0.05, 0) is 51.9 Å². The van der Waals surface area contributed by atoms with Gasteiger partial charge >= 0.3 is 46.4 Å². The van der Waals surface area contributed by atoms with Gasteiger partial charge in [0.15, 0.2) is 0 Å². The second kappa shape index (κ2) is 18.1. The van der Waals surface area contributed by atoms with Crippen LogP contribution in [-0.4, -0.2) is 87.0 Å². The normalized spacial score (nSPS) is 26.5. The zero-order valence-corrected chi connectivity index (χ0v) is 22.9. The molecule has 2 N–H and O–H groups in total. The van der Waals surface area contributed by atoms with Gasteiger partial charge in [-0.25, -0.2) is 0 Å². The minimum atomic E-state index is -4.98. The van der Waals surface area contributed by atoms with E-state index in [0.29, 0.717) is 4.90 Å². The van der Waals surface area contributed by atoms with Crippen LogP contribution in [-0.2, 0) is 21.7 Å². The van der Waals surface area contributed by atoms with Gasteiger partial charge < -0.3 is 53.2 Å². The minimum absolute atomic E-state index is 0. The van der Waals surface area contributed by atoms with Gasteiger partial charge in [0.25, 0.3) is 0 Å². The van der Waals surface area contributed by atoms with E-state index < -0.39 is 101 Å². The van der Waals surface area contributed by atoms with E-state index in [1.165, 1.54) is 0 Å².